The summed E-state index contributed by atoms with van der Waals surface area (Å²) in [5.74, 6) is 0.785. The molecule has 2 amide bonds. The van der Waals surface area contributed by atoms with Crippen molar-refractivity contribution in [3.8, 4) is 0 Å². The first-order valence-electron chi connectivity index (χ1n) is 14.6. The second-order valence-electron chi connectivity index (χ2n) is 11.7. The van der Waals surface area contributed by atoms with Gasteiger partial charge in [-0.2, -0.15) is 8.42 Å². The van der Waals surface area contributed by atoms with E-state index in [2.05, 4.69) is 5.43 Å². The van der Waals surface area contributed by atoms with E-state index in [-0.39, 0.29) is 48.3 Å². The third kappa shape index (κ3) is 11.9. The molecule has 14 heteroatoms. The molecule has 0 aliphatic carbocycles. The van der Waals surface area contributed by atoms with Crippen LogP contribution in [0, 0.1) is 30.6 Å². The summed E-state index contributed by atoms with van der Waals surface area (Å²) >= 11 is 0. The van der Waals surface area contributed by atoms with Crippen LogP contribution >= 0.6 is 0 Å². The van der Waals surface area contributed by atoms with Crippen LogP contribution in [0.25, 0.3) is 6.08 Å². The first-order chi connectivity index (χ1) is 20.9. The molecule has 1 unspecified atom stereocenters. The Morgan fingerprint density at radius 3 is 1.96 bits per heavy atom. The van der Waals surface area contributed by atoms with Crippen molar-refractivity contribution in [3.63, 3.8) is 0 Å². The number of hydrogen-bond acceptors (Lipinski definition) is 9. The Balaban J connectivity index is 0.000000768. The Morgan fingerprint density at radius 2 is 1.51 bits per heavy atom. The number of carbonyl (C=O) groups is 2. The minimum atomic E-state index is -4.05. The van der Waals surface area contributed by atoms with Crippen LogP contribution in [-0.2, 0) is 29.5 Å². The molecule has 3 atom stereocenters. The van der Waals surface area contributed by atoms with Crippen molar-refractivity contribution in [1.82, 2.24) is 10.9 Å². The fourth-order valence-electron chi connectivity index (χ4n) is 5.16. The first kappa shape index (κ1) is 39.9. The fraction of sp³-hybridized carbons (Fsp3) is 0.484. The van der Waals surface area contributed by atoms with Crippen LogP contribution in [0.1, 0.15) is 58.1 Å². The van der Waals surface area contributed by atoms with Gasteiger partial charge in [0.15, 0.2) is 9.84 Å². The van der Waals surface area contributed by atoms with Gasteiger partial charge in [0, 0.05) is 0 Å². The number of sulfone groups is 1. The van der Waals surface area contributed by atoms with E-state index in [4.69, 9.17) is 16.1 Å². The van der Waals surface area contributed by atoms with Gasteiger partial charge in [0.1, 0.15) is 4.75 Å². The van der Waals surface area contributed by atoms with Crippen LogP contribution in [-0.4, -0.2) is 55.5 Å². The maximum atomic E-state index is 14.0. The molecule has 8 N–H and O–H groups in total. The molecular weight excluding hydrogens is 620 g/mol. The zero-order chi connectivity index (χ0) is 34.4. The van der Waals surface area contributed by atoms with Crippen LogP contribution in [0.3, 0.4) is 0 Å². The first-order valence-corrected chi connectivity index (χ1v) is 17.7. The molecule has 0 aliphatic heterocycles. The molecule has 2 aromatic carbocycles. The van der Waals surface area contributed by atoms with E-state index in [1.165, 1.54) is 18.2 Å². The summed E-state index contributed by atoms with van der Waals surface area (Å²) in [4.78, 5) is 26.1. The highest BCUT2D eigenvalue weighted by Gasteiger charge is 2.55. The van der Waals surface area contributed by atoms with Crippen LogP contribution in [0.5, 0.6) is 0 Å². The summed E-state index contributed by atoms with van der Waals surface area (Å²) < 4.78 is 55.8. The molecular formula is C31H48N4O8S2. The summed E-state index contributed by atoms with van der Waals surface area (Å²) in [6.07, 6.45) is 3.57. The van der Waals surface area contributed by atoms with Crippen LogP contribution in [0.2, 0.25) is 0 Å². The van der Waals surface area contributed by atoms with Crippen LogP contribution in [0.15, 0.2) is 65.6 Å². The van der Waals surface area contributed by atoms with E-state index in [0.29, 0.717) is 0 Å². The van der Waals surface area contributed by atoms with Gasteiger partial charge in [-0.15, -0.1) is 0 Å². The average Bonchev–Trinajstić information content (AvgIpc) is 2.97. The Labute approximate surface area is 267 Å². The molecule has 0 radical (unpaired) electrons. The number of nitrogens with two attached hydrogens (primary N) is 2. The van der Waals surface area contributed by atoms with Gasteiger partial charge in [0.25, 0.3) is 10.1 Å². The van der Waals surface area contributed by atoms with Gasteiger partial charge < -0.3 is 5.73 Å². The Bertz CT molecular complexity index is 1460. The molecule has 0 heterocycles. The predicted molar refractivity (Wildman–Crippen MR) is 175 cm³/mol. The van der Waals surface area contributed by atoms with E-state index >= 15 is 0 Å². The minimum Gasteiger partial charge on any atom is -0.330 e. The fourth-order valence-corrected chi connectivity index (χ4v) is 8.09. The summed E-state index contributed by atoms with van der Waals surface area (Å²) in [5.41, 5.74) is 11.0. The van der Waals surface area contributed by atoms with Gasteiger partial charge in [-0.25, -0.2) is 19.7 Å². The number of amides is 2. The number of aryl methyl sites for hydroxylation is 1. The van der Waals surface area contributed by atoms with Crippen molar-refractivity contribution < 1.29 is 36.2 Å². The van der Waals surface area contributed by atoms with Crippen molar-refractivity contribution in [1.29, 1.82) is 0 Å². The highest BCUT2D eigenvalue weighted by molar-refractivity contribution is 7.93. The van der Waals surface area contributed by atoms with E-state index in [0.717, 1.165) is 11.1 Å². The number of rotatable bonds is 15. The molecule has 0 fully saturated rings. The number of hydrogen-bond donors (Lipinski definition) is 6. The maximum absolute atomic E-state index is 14.0. The third-order valence-corrected chi connectivity index (χ3v) is 10.5. The normalized spacial score (nSPS) is 14.7. The Morgan fingerprint density at radius 1 is 0.933 bits per heavy atom. The van der Waals surface area contributed by atoms with E-state index in [9.17, 15) is 31.6 Å². The van der Waals surface area contributed by atoms with Gasteiger partial charge in [-0.3, -0.25) is 24.8 Å². The molecule has 45 heavy (non-hydrogen) atoms. The zero-order valence-corrected chi connectivity index (χ0v) is 28.1. The minimum absolute atomic E-state index is 0.0494. The summed E-state index contributed by atoms with van der Waals surface area (Å²) in [6.45, 7) is 9.40. The van der Waals surface area contributed by atoms with E-state index in [1.807, 2.05) is 65.0 Å². The third-order valence-electron chi connectivity index (χ3n) is 7.13. The monoisotopic (exact) mass is 668 g/mol. The highest BCUT2D eigenvalue weighted by atomic mass is 32.2. The van der Waals surface area contributed by atoms with Crippen molar-refractivity contribution in [2.24, 2.45) is 35.2 Å². The number of benzene rings is 2. The highest BCUT2D eigenvalue weighted by Crippen LogP contribution is 2.43. The lowest BCUT2D eigenvalue weighted by atomic mass is 9.72. The number of hydroxylamine groups is 1. The lowest BCUT2D eigenvalue weighted by molar-refractivity contribution is -0.142. The number of hydrazine groups is 1. The summed E-state index contributed by atoms with van der Waals surface area (Å²) in [6, 6.07) is 15.1. The molecule has 0 aromatic heterocycles. The largest absolute Gasteiger partial charge is 0.330 e. The molecule has 0 saturated carbocycles. The number of nitrogens with one attached hydrogen (secondary N) is 2. The lowest BCUT2D eigenvalue weighted by Crippen LogP contribution is -2.58. The average molecular weight is 669 g/mol. The SMILES string of the molecule is CC(C)C[C@@H](C(=O)NN)[C@@H](C(=O)NO)C(/C=C/c1ccccc1)(CC(C)C)S(=O)(=O)CCCN.Cc1ccc(S(=O)(=O)O)cc1. The molecule has 0 spiro atoms. The molecule has 12 nitrogen and oxygen atoms in total. The molecule has 252 valence electrons. The van der Waals surface area contributed by atoms with Crippen molar-refractivity contribution in [2.75, 3.05) is 12.3 Å². The van der Waals surface area contributed by atoms with Gasteiger partial charge in [-0.1, -0.05) is 87.9 Å². The summed E-state index contributed by atoms with van der Waals surface area (Å²) in [7, 11) is -8.07. The van der Waals surface area contributed by atoms with Crippen molar-refractivity contribution in [2.45, 2.75) is 63.5 Å². The zero-order valence-electron chi connectivity index (χ0n) is 26.5. The molecule has 2 rings (SSSR count). The smallest absolute Gasteiger partial charge is 0.294 e. The van der Waals surface area contributed by atoms with Crippen molar-refractivity contribution in [3.05, 3.63) is 71.8 Å². The molecule has 2 aromatic rings. The van der Waals surface area contributed by atoms with Crippen LogP contribution < -0.4 is 22.5 Å². The Hall–Kier alpha value is -3.14. The van der Waals surface area contributed by atoms with Crippen LogP contribution in [0.4, 0.5) is 0 Å². The van der Waals surface area contributed by atoms with Gasteiger partial charge in [0.2, 0.25) is 11.8 Å². The topological polar surface area (TPSA) is 219 Å². The van der Waals surface area contributed by atoms with Crippen molar-refractivity contribution >= 4 is 37.8 Å². The number of carbonyl (C=O) groups excluding carboxylic acids is 2. The maximum Gasteiger partial charge on any atom is 0.294 e. The molecule has 0 bridgehead atoms. The summed E-state index contributed by atoms with van der Waals surface area (Å²) in [5, 5.41) is 9.67. The van der Waals surface area contributed by atoms with E-state index in [1.54, 1.807) is 23.7 Å². The van der Waals surface area contributed by atoms with Gasteiger partial charge in [0.05, 0.1) is 22.5 Å². The lowest BCUT2D eigenvalue weighted by Gasteiger charge is -2.41. The van der Waals surface area contributed by atoms with E-state index < -0.39 is 48.4 Å². The quantitative estimate of drug-likeness (QED) is 0.0535. The molecule has 0 saturated heterocycles. The van der Waals surface area contributed by atoms with Gasteiger partial charge in [-0.05, 0) is 62.3 Å². The Kier molecular flexibility index (Phi) is 16.1. The second kappa shape index (κ2) is 18.1. The standard InChI is InChI=1S/C24H40N4O5S.C7H8O3S/c1-17(2)15-20(22(29)27-26)21(23(30)28-31)24(16-18(3)4,34(32,33)14-8-13-25)12-11-19-9-6-5-7-10-19;1-6-2-4-7(5-3-6)11(8,9)10/h5-7,9-12,17-18,20-21,31H,8,13-16,25-26H2,1-4H3,(H,27,29)(H,28,30);2-5H,1H3,(H,8,9,10)/b12-11+;/t20-,21+,24?;/m1./s1. The second-order valence-corrected chi connectivity index (χ2v) is 15.6. The molecule has 0 aliphatic rings. The van der Waals surface area contributed by atoms with Gasteiger partial charge >= 0.3 is 0 Å². The predicted octanol–water partition coefficient (Wildman–Crippen LogP) is 3.26.